The molecule has 0 aliphatic heterocycles. The van der Waals surface area contributed by atoms with Crippen molar-refractivity contribution in [3.63, 3.8) is 0 Å². The third-order valence-corrected chi connectivity index (χ3v) is 2.48. The molecule has 0 aromatic carbocycles. The van der Waals surface area contributed by atoms with Gasteiger partial charge < -0.3 is 5.11 Å². The second-order valence-electron chi connectivity index (χ2n) is 3.68. The summed E-state index contributed by atoms with van der Waals surface area (Å²) in [6.45, 7) is 0. The number of Topliss-reactive ketones (excluding diaryl/α,β-unsaturated/α-hetero) is 3. The van der Waals surface area contributed by atoms with Gasteiger partial charge in [-0.05, 0) is 0 Å². The average Bonchev–Trinajstić information content (AvgIpc) is 2.41. The molecule has 1 aliphatic carbocycles. The number of carbonyl (C=O) groups is 3. The molecular weight excluding hydrogens is 293 g/mol. The summed E-state index contributed by atoms with van der Waals surface area (Å²) in [7, 11) is 0. The molecule has 0 aromatic rings. The van der Waals surface area contributed by atoms with Gasteiger partial charge in [-0.15, -0.1) is 0 Å². The third kappa shape index (κ3) is 1.91. The standard InChI is InChI=1S/C8H3F7O4/c9-6(10,7(11,12)8(13,14)15)1-2(16)4(18)5(19)3(1)17/h1-2,16H. The maximum atomic E-state index is 13.1. The topological polar surface area (TPSA) is 71.4 Å². The van der Waals surface area contributed by atoms with E-state index in [1.165, 1.54) is 0 Å². The first-order chi connectivity index (χ1) is 8.26. The van der Waals surface area contributed by atoms with Gasteiger partial charge in [0.1, 0.15) is 12.0 Å². The highest BCUT2D eigenvalue weighted by molar-refractivity contribution is 6.68. The summed E-state index contributed by atoms with van der Waals surface area (Å²) in [4.78, 5) is 32.1. The minimum atomic E-state index is -6.73. The quantitative estimate of drug-likeness (QED) is 0.595. The van der Waals surface area contributed by atoms with E-state index in [1.807, 2.05) is 0 Å². The number of halogens is 7. The summed E-state index contributed by atoms with van der Waals surface area (Å²) < 4.78 is 86.9. The molecule has 11 heteroatoms. The lowest BCUT2D eigenvalue weighted by Crippen LogP contribution is -2.59. The van der Waals surface area contributed by atoms with Crippen molar-refractivity contribution in [3.05, 3.63) is 0 Å². The van der Waals surface area contributed by atoms with Crippen LogP contribution >= 0.6 is 0 Å². The molecule has 1 fully saturated rings. The first kappa shape index (κ1) is 15.5. The lowest BCUT2D eigenvalue weighted by atomic mass is 9.91. The summed E-state index contributed by atoms with van der Waals surface area (Å²) in [5.74, 6) is -23.5. The SMILES string of the molecule is O=C1C(=O)C(O)C(C(F)(F)C(F)(F)C(F)(F)F)C1=O. The van der Waals surface area contributed by atoms with Crippen molar-refractivity contribution >= 4 is 17.3 Å². The van der Waals surface area contributed by atoms with Gasteiger partial charge in [0.15, 0.2) is 0 Å². The number of carbonyl (C=O) groups excluding carboxylic acids is 3. The first-order valence-corrected chi connectivity index (χ1v) is 4.39. The second kappa shape index (κ2) is 3.99. The van der Waals surface area contributed by atoms with E-state index in [4.69, 9.17) is 5.11 Å². The highest BCUT2D eigenvalue weighted by Crippen LogP contribution is 2.51. The Kier molecular flexibility index (Phi) is 3.26. The molecule has 0 amide bonds. The Morgan fingerprint density at radius 1 is 0.842 bits per heavy atom. The number of hydrogen-bond donors (Lipinski definition) is 1. The molecule has 0 saturated heterocycles. The molecule has 108 valence electrons. The number of alkyl halides is 7. The van der Waals surface area contributed by atoms with Crippen LogP contribution in [0.3, 0.4) is 0 Å². The zero-order chi connectivity index (χ0) is 15.4. The van der Waals surface area contributed by atoms with Crippen LogP contribution in [0.25, 0.3) is 0 Å². The molecule has 1 rings (SSSR count). The monoisotopic (exact) mass is 296 g/mol. The summed E-state index contributed by atoms with van der Waals surface area (Å²) in [6.07, 6.45) is -9.96. The summed E-state index contributed by atoms with van der Waals surface area (Å²) in [5, 5.41) is 8.79. The van der Waals surface area contributed by atoms with Gasteiger partial charge in [-0.3, -0.25) is 14.4 Å². The zero-order valence-electron chi connectivity index (χ0n) is 8.47. The molecule has 2 atom stereocenters. The van der Waals surface area contributed by atoms with E-state index in [1.54, 1.807) is 0 Å². The van der Waals surface area contributed by atoms with Crippen molar-refractivity contribution in [2.24, 2.45) is 5.92 Å². The first-order valence-electron chi connectivity index (χ1n) is 4.39. The fourth-order valence-corrected chi connectivity index (χ4v) is 1.44. The maximum absolute atomic E-state index is 13.1. The Bertz CT molecular complexity index is 453. The van der Waals surface area contributed by atoms with Crippen LogP contribution in [0.4, 0.5) is 30.7 Å². The van der Waals surface area contributed by atoms with Gasteiger partial charge in [-0.1, -0.05) is 0 Å². The van der Waals surface area contributed by atoms with Gasteiger partial charge in [-0.25, -0.2) is 0 Å². The number of aliphatic hydroxyl groups excluding tert-OH is 1. The lowest BCUT2D eigenvalue weighted by molar-refractivity contribution is -0.365. The summed E-state index contributed by atoms with van der Waals surface area (Å²) in [6, 6.07) is 0. The highest BCUT2D eigenvalue weighted by atomic mass is 19.4. The van der Waals surface area contributed by atoms with Gasteiger partial charge in [0.25, 0.3) is 5.78 Å². The predicted molar refractivity (Wildman–Crippen MR) is 40.5 cm³/mol. The Labute approximate surface area is 98.7 Å². The van der Waals surface area contributed by atoms with E-state index in [9.17, 15) is 45.1 Å². The average molecular weight is 296 g/mol. The lowest BCUT2D eigenvalue weighted by Gasteiger charge is -2.31. The number of rotatable bonds is 2. The molecule has 0 heterocycles. The normalized spacial score (nSPS) is 26.2. The van der Waals surface area contributed by atoms with Crippen LogP contribution in [-0.4, -0.2) is 46.6 Å². The molecule has 0 radical (unpaired) electrons. The molecule has 1 N–H and O–H groups in total. The fourth-order valence-electron chi connectivity index (χ4n) is 1.44. The van der Waals surface area contributed by atoms with Crippen LogP contribution in [0.1, 0.15) is 0 Å². The molecule has 2 unspecified atom stereocenters. The van der Waals surface area contributed by atoms with Crippen molar-refractivity contribution in [2.45, 2.75) is 24.1 Å². The molecule has 19 heavy (non-hydrogen) atoms. The fraction of sp³-hybridized carbons (Fsp3) is 0.625. The van der Waals surface area contributed by atoms with E-state index in [2.05, 4.69) is 0 Å². The Morgan fingerprint density at radius 2 is 1.26 bits per heavy atom. The van der Waals surface area contributed by atoms with Gasteiger partial charge in [0, 0.05) is 0 Å². The molecule has 1 aliphatic rings. The van der Waals surface area contributed by atoms with Crippen molar-refractivity contribution in [2.75, 3.05) is 0 Å². The van der Waals surface area contributed by atoms with Gasteiger partial charge in [-0.2, -0.15) is 30.7 Å². The van der Waals surface area contributed by atoms with Gasteiger partial charge >= 0.3 is 18.0 Å². The summed E-state index contributed by atoms with van der Waals surface area (Å²) >= 11 is 0. The molecular formula is C8H3F7O4. The van der Waals surface area contributed by atoms with Crippen LogP contribution in [0.15, 0.2) is 0 Å². The Morgan fingerprint density at radius 3 is 1.53 bits per heavy atom. The number of ketones is 3. The van der Waals surface area contributed by atoms with Crippen LogP contribution in [0, 0.1) is 5.92 Å². The van der Waals surface area contributed by atoms with E-state index in [-0.39, 0.29) is 0 Å². The maximum Gasteiger partial charge on any atom is 0.459 e. The highest BCUT2D eigenvalue weighted by Gasteiger charge is 2.79. The van der Waals surface area contributed by atoms with Crippen LogP contribution in [-0.2, 0) is 14.4 Å². The van der Waals surface area contributed by atoms with Crippen molar-refractivity contribution in [1.29, 1.82) is 0 Å². The van der Waals surface area contributed by atoms with Crippen molar-refractivity contribution < 1.29 is 50.2 Å². The number of aliphatic hydroxyl groups is 1. The second-order valence-corrected chi connectivity index (χ2v) is 3.68. The minimum Gasteiger partial charge on any atom is -0.384 e. The van der Waals surface area contributed by atoms with Crippen LogP contribution in [0.5, 0.6) is 0 Å². The Balaban J connectivity index is 3.33. The molecule has 0 bridgehead atoms. The van der Waals surface area contributed by atoms with E-state index in [0.717, 1.165) is 0 Å². The molecule has 4 nitrogen and oxygen atoms in total. The van der Waals surface area contributed by atoms with E-state index >= 15 is 0 Å². The van der Waals surface area contributed by atoms with Crippen LogP contribution < -0.4 is 0 Å². The van der Waals surface area contributed by atoms with Crippen molar-refractivity contribution in [3.8, 4) is 0 Å². The smallest absolute Gasteiger partial charge is 0.384 e. The van der Waals surface area contributed by atoms with Gasteiger partial charge in [0.2, 0.25) is 11.6 Å². The third-order valence-electron chi connectivity index (χ3n) is 2.48. The predicted octanol–water partition coefficient (Wildman–Crippen LogP) is 0.517. The minimum absolute atomic E-state index is 2.15. The molecule has 0 aromatic heterocycles. The van der Waals surface area contributed by atoms with E-state index in [0.29, 0.717) is 0 Å². The number of hydrogen-bond acceptors (Lipinski definition) is 4. The van der Waals surface area contributed by atoms with Gasteiger partial charge in [0.05, 0.1) is 0 Å². The summed E-state index contributed by atoms with van der Waals surface area (Å²) in [5.41, 5.74) is 0. The zero-order valence-corrected chi connectivity index (χ0v) is 8.47. The molecule has 1 saturated carbocycles. The molecule has 0 spiro atoms. The van der Waals surface area contributed by atoms with Crippen molar-refractivity contribution in [1.82, 2.24) is 0 Å². The largest absolute Gasteiger partial charge is 0.459 e. The Hall–Kier alpha value is -1.52. The van der Waals surface area contributed by atoms with E-state index < -0.39 is 47.4 Å². The van der Waals surface area contributed by atoms with Crippen LogP contribution in [0.2, 0.25) is 0 Å².